The summed E-state index contributed by atoms with van der Waals surface area (Å²) in [6, 6.07) is 16.7. The summed E-state index contributed by atoms with van der Waals surface area (Å²) in [6.07, 6.45) is 0.799. The first-order valence-electron chi connectivity index (χ1n) is 8.74. The molecule has 4 rings (SSSR count). The van der Waals surface area contributed by atoms with Gasteiger partial charge in [-0.1, -0.05) is 24.3 Å². The second-order valence-corrected chi connectivity index (χ2v) is 7.02. The highest BCUT2D eigenvalue weighted by atomic mass is 32.1. The van der Waals surface area contributed by atoms with E-state index in [2.05, 4.69) is 15.4 Å². The van der Waals surface area contributed by atoms with E-state index in [0.29, 0.717) is 29.8 Å². The average molecular weight is 394 g/mol. The molecule has 0 radical (unpaired) electrons. The third-order valence-electron chi connectivity index (χ3n) is 3.96. The summed E-state index contributed by atoms with van der Waals surface area (Å²) in [6.45, 7) is 2.22. The maximum atomic E-state index is 13.0. The molecule has 142 valence electrons. The highest BCUT2D eigenvalue weighted by Gasteiger charge is 2.24. The number of para-hydroxylation sites is 1. The fourth-order valence-electron chi connectivity index (χ4n) is 2.60. The van der Waals surface area contributed by atoms with Gasteiger partial charge in [0.05, 0.1) is 12.8 Å². The lowest BCUT2D eigenvalue weighted by molar-refractivity contribution is 0.0713. The molecule has 0 aliphatic rings. The number of hydrogen-bond donors (Lipinski definition) is 1. The van der Waals surface area contributed by atoms with Crippen molar-refractivity contribution >= 4 is 23.2 Å². The van der Waals surface area contributed by atoms with Crippen LogP contribution in [0, 0.1) is 0 Å². The number of ether oxygens (including phenoxy) is 1. The lowest BCUT2D eigenvalue weighted by Crippen LogP contribution is -2.31. The van der Waals surface area contributed by atoms with Crippen LogP contribution in [0.15, 0.2) is 70.7 Å². The number of nitrogens with one attached hydrogen (secondary N) is 1. The van der Waals surface area contributed by atoms with Crippen molar-refractivity contribution in [3.63, 3.8) is 0 Å². The zero-order valence-corrected chi connectivity index (χ0v) is 15.9. The van der Waals surface area contributed by atoms with E-state index in [1.54, 1.807) is 42.5 Å². The smallest absolute Gasteiger partial charge is 0.290 e. The predicted molar refractivity (Wildman–Crippen MR) is 107 cm³/mol. The molecule has 28 heavy (non-hydrogen) atoms. The number of nitrogens with zero attached hydrogens (tertiary/aromatic N) is 3. The SMILES string of the molecule is CC(Oc1ccccc1)C(=O)n1nc(-c2ccco2)nc1NCc1cccs1. The van der Waals surface area contributed by atoms with Crippen LogP contribution in [-0.2, 0) is 6.54 Å². The molecule has 0 saturated carbocycles. The predicted octanol–water partition coefficient (Wildman–Crippen LogP) is 4.32. The second-order valence-electron chi connectivity index (χ2n) is 5.99. The summed E-state index contributed by atoms with van der Waals surface area (Å²) < 4.78 is 12.4. The van der Waals surface area contributed by atoms with E-state index < -0.39 is 6.10 Å². The zero-order chi connectivity index (χ0) is 19.3. The van der Waals surface area contributed by atoms with Crippen molar-refractivity contribution in [2.24, 2.45) is 0 Å². The van der Waals surface area contributed by atoms with Crippen LogP contribution in [-0.4, -0.2) is 26.8 Å². The fraction of sp³-hybridized carbons (Fsp3) is 0.150. The van der Waals surface area contributed by atoms with Gasteiger partial charge in [0, 0.05) is 4.88 Å². The lowest BCUT2D eigenvalue weighted by Gasteiger charge is -2.14. The molecule has 0 bridgehead atoms. The molecule has 0 fully saturated rings. The molecule has 1 aromatic carbocycles. The third kappa shape index (κ3) is 3.96. The van der Waals surface area contributed by atoms with Crippen molar-refractivity contribution < 1.29 is 13.9 Å². The summed E-state index contributed by atoms with van der Waals surface area (Å²) in [5.74, 6) is 1.44. The number of furan rings is 1. The first-order valence-corrected chi connectivity index (χ1v) is 9.62. The second kappa shape index (κ2) is 8.10. The highest BCUT2D eigenvalue weighted by molar-refractivity contribution is 7.09. The van der Waals surface area contributed by atoms with Crippen molar-refractivity contribution in [1.82, 2.24) is 14.8 Å². The van der Waals surface area contributed by atoms with Crippen LogP contribution in [0.25, 0.3) is 11.6 Å². The molecular formula is C20H18N4O3S. The summed E-state index contributed by atoms with van der Waals surface area (Å²) in [5.41, 5.74) is 0. The van der Waals surface area contributed by atoms with Crippen LogP contribution in [0.4, 0.5) is 5.95 Å². The topological polar surface area (TPSA) is 82.2 Å². The molecule has 0 aliphatic heterocycles. The van der Waals surface area contributed by atoms with Crippen molar-refractivity contribution in [3.8, 4) is 17.3 Å². The van der Waals surface area contributed by atoms with Gasteiger partial charge in [0.1, 0.15) is 5.75 Å². The van der Waals surface area contributed by atoms with Gasteiger partial charge in [-0.05, 0) is 42.6 Å². The Morgan fingerprint density at radius 2 is 2.07 bits per heavy atom. The van der Waals surface area contributed by atoms with Crippen molar-refractivity contribution in [2.45, 2.75) is 19.6 Å². The van der Waals surface area contributed by atoms with Crippen LogP contribution >= 0.6 is 11.3 Å². The fourth-order valence-corrected chi connectivity index (χ4v) is 3.24. The maximum Gasteiger partial charge on any atom is 0.290 e. The van der Waals surface area contributed by atoms with Gasteiger partial charge in [-0.3, -0.25) is 4.79 Å². The lowest BCUT2D eigenvalue weighted by atomic mass is 10.3. The van der Waals surface area contributed by atoms with Crippen molar-refractivity contribution in [3.05, 3.63) is 71.1 Å². The van der Waals surface area contributed by atoms with Crippen LogP contribution in [0.2, 0.25) is 0 Å². The van der Waals surface area contributed by atoms with E-state index in [-0.39, 0.29) is 5.91 Å². The number of thiophene rings is 1. The summed E-state index contributed by atoms with van der Waals surface area (Å²) in [5, 5.41) is 9.51. The molecule has 1 unspecified atom stereocenters. The Hall–Kier alpha value is -3.39. The van der Waals surface area contributed by atoms with Gasteiger partial charge in [0.25, 0.3) is 5.91 Å². The van der Waals surface area contributed by atoms with Crippen LogP contribution < -0.4 is 10.1 Å². The molecular weight excluding hydrogens is 376 g/mol. The standard InChI is InChI=1S/C20H18N4O3S/c1-14(27-15-7-3-2-4-8-15)19(25)24-20(21-13-16-9-6-12-28-16)22-18(23-24)17-10-5-11-26-17/h2-12,14H,13H2,1H3,(H,21,22,23). The molecule has 4 aromatic rings. The first-order chi connectivity index (χ1) is 13.7. The van der Waals surface area contributed by atoms with Crippen LogP contribution in [0.1, 0.15) is 16.6 Å². The number of benzene rings is 1. The number of anilines is 1. The molecule has 0 amide bonds. The molecule has 0 spiro atoms. The number of rotatable bonds is 7. The summed E-state index contributed by atoms with van der Waals surface area (Å²) in [7, 11) is 0. The van der Waals surface area contributed by atoms with E-state index in [1.807, 2.05) is 35.7 Å². The largest absolute Gasteiger partial charge is 0.481 e. The summed E-state index contributed by atoms with van der Waals surface area (Å²) >= 11 is 1.62. The molecule has 1 atom stereocenters. The van der Waals surface area contributed by atoms with Gasteiger partial charge in [-0.15, -0.1) is 16.4 Å². The Morgan fingerprint density at radius 1 is 1.21 bits per heavy atom. The Bertz CT molecular complexity index is 1030. The molecule has 7 nitrogen and oxygen atoms in total. The zero-order valence-electron chi connectivity index (χ0n) is 15.1. The third-order valence-corrected chi connectivity index (χ3v) is 4.84. The van der Waals surface area contributed by atoms with Gasteiger partial charge in [-0.25, -0.2) is 0 Å². The van der Waals surface area contributed by atoms with Gasteiger partial charge >= 0.3 is 0 Å². The quantitative estimate of drug-likeness (QED) is 0.503. The molecule has 8 heteroatoms. The van der Waals surface area contributed by atoms with Gasteiger partial charge in [-0.2, -0.15) is 9.67 Å². The van der Waals surface area contributed by atoms with E-state index in [0.717, 1.165) is 4.88 Å². The highest BCUT2D eigenvalue weighted by Crippen LogP contribution is 2.20. The number of aromatic nitrogens is 3. The minimum absolute atomic E-state index is 0.331. The molecule has 3 heterocycles. The van der Waals surface area contributed by atoms with E-state index in [1.165, 1.54) is 10.9 Å². The number of carbonyl (C=O) groups excluding carboxylic acids is 1. The molecule has 1 N–H and O–H groups in total. The Morgan fingerprint density at radius 3 is 2.79 bits per heavy atom. The number of carbonyl (C=O) groups is 1. The van der Waals surface area contributed by atoms with Crippen molar-refractivity contribution in [2.75, 3.05) is 5.32 Å². The Balaban J connectivity index is 1.58. The first kappa shape index (κ1) is 18.0. The monoisotopic (exact) mass is 394 g/mol. The van der Waals surface area contributed by atoms with Gasteiger partial charge < -0.3 is 14.5 Å². The van der Waals surface area contributed by atoms with Crippen LogP contribution in [0.5, 0.6) is 5.75 Å². The molecule has 0 saturated heterocycles. The average Bonchev–Trinajstić information content (AvgIpc) is 3.48. The maximum absolute atomic E-state index is 13.0. The molecule has 0 aliphatic carbocycles. The minimum Gasteiger partial charge on any atom is -0.481 e. The Labute approximate surface area is 165 Å². The minimum atomic E-state index is -0.740. The Kier molecular flexibility index (Phi) is 5.20. The van der Waals surface area contributed by atoms with Gasteiger partial charge in [0.2, 0.25) is 11.8 Å². The van der Waals surface area contributed by atoms with Gasteiger partial charge in [0.15, 0.2) is 11.9 Å². The number of hydrogen-bond acceptors (Lipinski definition) is 7. The normalized spacial score (nSPS) is 11.9. The van der Waals surface area contributed by atoms with E-state index in [4.69, 9.17) is 9.15 Å². The molecule has 3 aromatic heterocycles. The van der Waals surface area contributed by atoms with Crippen LogP contribution in [0.3, 0.4) is 0 Å². The summed E-state index contributed by atoms with van der Waals surface area (Å²) in [4.78, 5) is 18.5. The van der Waals surface area contributed by atoms with Crippen molar-refractivity contribution in [1.29, 1.82) is 0 Å². The van der Waals surface area contributed by atoms with E-state index in [9.17, 15) is 4.79 Å². The van der Waals surface area contributed by atoms with E-state index >= 15 is 0 Å².